The van der Waals surface area contributed by atoms with Crippen molar-refractivity contribution in [3.63, 3.8) is 0 Å². The smallest absolute Gasteiger partial charge is 0.310 e. The predicted octanol–water partition coefficient (Wildman–Crippen LogP) is 4.55. The molecule has 0 radical (unpaired) electrons. The van der Waals surface area contributed by atoms with E-state index in [4.69, 9.17) is 9.47 Å². The Morgan fingerprint density at radius 1 is 1.06 bits per heavy atom. The molecule has 2 aromatic rings. The monoisotopic (exact) mass is 453 g/mol. The van der Waals surface area contributed by atoms with E-state index < -0.39 is 29.2 Å². The van der Waals surface area contributed by atoms with E-state index in [1.54, 1.807) is 13.8 Å². The van der Waals surface area contributed by atoms with Gasteiger partial charge in [0.15, 0.2) is 0 Å². The molecule has 7 nitrogen and oxygen atoms in total. The second kappa shape index (κ2) is 10.5. The van der Waals surface area contributed by atoms with Crippen molar-refractivity contribution in [1.29, 1.82) is 0 Å². The van der Waals surface area contributed by atoms with Gasteiger partial charge in [-0.25, -0.2) is 0 Å². The van der Waals surface area contributed by atoms with Gasteiger partial charge in [-0.15, -0.1) is 0 Å². The van der Waals surface area contributed by atoms with E-state index in [9.17, 15) is 19.5 Å². The number of nitrogens with one attached hydrogen (secondary N) is 1. The van der Waals surface area contributed by atoms with Gasteiger partial charge in [0.2, 0.25) is 5.91 Å². The van der Waals surface area contributed by atoms with Crippen LogP contribution in [0.2, 0.25) is 0 Å². The summed E-state index contributed by atoms with van der Waals surface area (Å²) in [5.74, 6) is -2.52. The average molecular weight is 454 g/mol. The summed E-state index contributed by atoms with van der Waals surface area (Å²) in [6.07, 6.45) is 0.870. The lowest BCUT2D eigenvalue weighted by Gasteiger charge is -2.50. The van der Waals surface area contributed by atoms with Crippen LogP contribution in [0.1, 0.15) is 45.6 Å². The number of hydrogen-bond acceptors (Lipinski definition) is 5. The molecule has 0 saturated heterocycles. The number of carboxylic acids is 1. The first-order valence-electron chi connectivity index (χ1n) is 11.3. The molecular formula is C26H31NO6. The van der Waals surface area contributed by atoms with E-state index in [0.717, 1.165) is 11.3 Å². The van der Waals surface area contributed by atoms with Crippen LogP contribution in [0.15, 0.2) is 54.6 Å². The summed E-state index contributed by atoms with van der Waals surface area (Å²) in [5.41, 5.74) is -0.255. The largest absolute Gasteiger partial charge is 0.481 e. The Labute approximate surface area is 194 Å². The third-order valence-corrected chi connectivity index (χ3v) is 6.01. The van der Waals surface area contributed by atoms with Gasteiger partial charge in [-0.2, -0.15) is 0 Å². The normalized spacial score (nSPS) is 21.7. The number of carboxylic acid groups (broad SMARTS) is 1. The highest BCUT2D eigenvalue weighted by molar-refractivity contribution is 5.95. The summed E-state index contributed by atoms with van der Waals surface area (Å²) in [6.45, 7) is 5.59. The number of hydrogen-bond donors (Lipinski definition) is 2. The number of rotatable bonds is 10. The fraction of sp³-hybridized carbons (Fsp3) is 0.423. The first-order valence-corrected chi connectivity index (χ1v) is 11.3. The van der Waals surface area contributed by atoms with Crippen LogP contribution >= 0.6 is 0 Å². The van der Waals surface area contributed by atoms with E-state index in [1.165, 1.54) is 0 Å². The first-order chi connectivity index (χ1) is 15.8. The Morgan fingerprint density at radius 3 is 2.27 bits per heavy atom. The molecule has 1 aliphatic rings. The molecule has 3 atom stereocenters. The Hall–Kier alpha value is -3.35. The highest BCUT2D eigenvalue weighted by atomic mass is 16.5. The molecule has 3 rings (SSSR count). The molecule has 0 heterocycles. The molecule has 0 aromatic heterocycles. The van der Waals surface area contributed by atoms with Crippen molar-refractivity contribution < 1.29 is 29.0 Å². The van der Waals surface area contributed by atoms with Crippen LogP contribution in [-0.4, -0.2) is 29.1 Å². The molecule has 33 heavy (non-hydrogen) atoms. The topological polar surface area (TPSA) is 102 Å². The molecule has 176 valence electrons. The molecule has 0 spiro atoms. The van der Waals surface area contributed by atoms with E-state index in [-0.39, 0.29) is 25.0 Å². The molecule has 0 aliphatic heterocycles. The van der Waals surface area contributed by atoms with Crippen molar-refractivity contribution in [3.8, 4) is 11.5 Å². The zero-order chi connectivity index (χ0) is 24.0. The minimum absolute atomic E-state index is 0.180. The molecular weight excluding hydrogens is 422 g/mol. The number of aliphatic carboxylic acids is 1. The van der Waals surface area contributed by atoms with Gasteiger partial charge >= 0.3 is 11.9 Å². The van der Waals surface area contributed by atoms with Gasteiger partial charge < -0.3 is 19.9 Å². The molecule has 0 bridgehead atoms. The standard InChI is InChI=1S/C26H31NO6/c1-4-14-26(15-21(22(26)23(28)29)24(30)32-17(2)3)25(31)27-16-18-10-12-20(13-11-18)33-19-8-6-5-7-9-19/h5-13,17,21-22H,4,14-16H2,1-3H3,(H,27,31)(H,28,29). The number of esters is 1. The maximum absolute atomic E-state index is 13.2. The van der Waals surface area contributed by atoms with E-state index in [0.29, 0.717) is 18.6 Å². The lowest BCUT2D eigenvalue weighted by atomic mass is 9.51. The second-order valence-corrected chi connectivity index (χ2v) is 8.76. The van der Waals surface area contributed by atoms with Gasteiger partial charge in [0.1, 0.15) is 11.5 Å². The van der Waals surface area contributed by atoms with Crippen LogP contribution in [0, 0.1) is 17.3 Å². The van der Waals surface area contributed by atoms with E-state index in [1.807, 2.05) is 61.5 Å². The van der Waals surface area contributed by atoms with Crippen molar-refractivity contribution in [3.05, 3.63) is 60.2 Å². The van der Waals surface area contributed by atoms with Crippen molar-refractivity contribution in [2.75, 3.05) is 0 Å². The quantitative estimate of drug-likeness (QED) is 0.512. The van der Waals surface area contributed by atoms with Gasteiger partial charge in [-0.05, 0) is 56.5 Å². The van der Waals surface area contributed by atoms with E-state index >= 15 is 0 Å². The SMILES string of the molecule is CCCC1(C(=O)NCc2ccc(Oc3ccccc3)cc2)CC(C(=O)OC(C)C)C1C(=O)O. The lowest BCUT2D eigenvalue weighted by molar-refractivity contribution is -0.187. The molecule has 1 aliphatic carbocycles. The number of amides is 1. The number of para-hydroxylation sites is 1. The van der Waals surface area contributed by atoms with Crippen LogP contribution in [0.25, 0.3) is 0 Å². The summed E-state index contributed by atoms with van der Waals surface area (Å²) in [6, 6.07) is 16.8. The van der Waals surface area contributed by atoms with Gasteiger partial charge in [0.05, 0.1) is 23.4 Å². The molecule has 3 unspecified atom stereocenters. The molecule has 1 fully saturated rings. The maximum atomic E-state index is 13.2. The lowest BCUT2D eigenvalue weighted by Crippen LogP contribution is -2.61. The van der Waals surface area contributed by atoms with Gasteiger partial charge in [0, 0.05) is 6.54 Å². The minimum atomic E-state index is -1.14. The Balaban J connectivity index is 1.65. The number of carbonyl (C=O) groups is 3. The summed E-state index contributed by atoms with van der Waals surface area (Å²) < 4.78 is 11.0. The van der Waals surface area contributed by atoms with Gasteiger partial charge in [-0.3, -0.25) is 14.4 Å². The molecule has 7 heteroatoms. The van der Waals surface area contributed by atoms with Crippen LogP contribution in [0.5, 0.6) is 11.5 Å². The molecule has 1 amide bonds. The van der Waals surface area contributed by atoms with Crippen LogP contribution in [0.4, 0.5) is 0 Å². The summed E-state index contributed by atoms with van der Waals surface area (Å²) in [5, 5.41) is 12.7. The third kappa shape index (κ3) is 5.53. The summed E-state index contributed by atoms with van der Waals surface area (Å²) >= 11 is 0. The van der Waals surface area contributed by atoms with Gasteiger partial charge in [-0.1, -0.05) is 43.7 Å². The minimum Gasteiger partial charge on any atom is -0.481 e. The van der Waals surface area contributed by atoms with Crippen molar-refractivity contribution >= 4 is 17.8 Å². The van der Waals surface area contributed by atoms with Crippen LogP contribution in [0.3, 0.4) is 0 Å². The van der Waals surface area contributed by atoms with Gasteiger partial charge in [0.25, 0.3) is 0 Å². The van der Waals surface area contributed by atoms with Crippen molar-refractivity contribution in [2.24, 2.45) is 17.3 Å². The van der Waals surface area contributed by atoms with Crippen molar-refractivity contribution in [2.45, 2.75) is 52.7 Å². The molecule has 1 saturated carbocycles. The fourth-order valence-corrected chi connectivity index (χ4v) is 4.52. The first kappa shape index (κ1) is 24.3. The molecule has 2 aromatic carbocycles. The van der Waals surface area contributed by atoms with Crippen molar-refractivity contribution in [1.82, 2.24) is 5.32 Å². The predicted molar refractivity (Wildman–Crippen MR) is 123 cm³/mol. The maximum Gasteiger partial charge on any atom is 0.310 e. The highest BCUT2D eigenvalue weighted by Gasteiger charge is 2.64. The van der Waals surface area contributed by atoms with Crippen LogP contribution < -0.4 is 10.1 Å². The van der Waals surface area contributed by atoms with Crippen LogP contribution in [-0.2, 0) is 25.7 Å². The highest BCUT2D eigenvalue weighted by Crippen LogP contribution is 2.55. The van der Waals surface area contributed by atoms with E-state index in [2.05, 4.69) is 5.32 Å². The third-order valence-electron chi connectivity index (χ3n) is 6.01. The Bertz CT molecular complexity index is 972. The summed E-state index contributed by atoms with van der Waals surface area (Å²) in [4.78, 5) is 37.6. The Kier molecular flexibility index (Phi) is 7.74. The number of ether oxygens (including phenoxy) is 2. The number of benzene rings is 2. The second-order valence-electron chi connectivity index (χ2n) is 8.76. The number of carbonyl (C=O) groups excluding carboxylic acids is 2. The zero-order valence-electron chi connectivity index (χ0n) is 19.2. The Morgan fingerprint density at radius 2 is 1.70 bits per heavy atom. The average Bonchev–Trinajstić information content (AvgIpc) is 2.75. The molecule has 2 N–H and O–H groups in total. The zero-order valence-corrected chi connectivity index (χ0v) is 19.2. The fourth-order valence-electron chi connectivity index (χ4n) is 4.52. The summed E-state index contributed by atoms with van der Waals surface area (Å²) in [7, 11) is 0.